The Morgan fingerprint density at radius 1 is 0.969 bits per heavy atom. The van der Waals surface area contributed by atoms with Crippen molar-refractivity contribution in [2.24, 2.45) is 0 Å². The van der Waals surface area contributed by atoms with Crippen molar-refractivity contribution < 1.29 is 4.79 Å². The van der Waals surface area contributed by atoms with E-state index in [4.69, 9.17) is 4.98 Å². The van der Waals surface area contributed by atoms with Gasteiger partial charge in [-0.25, -0.2) is 4.98 Å². The van der Waals surface area contributed by atoms with Crippen molar-refractivity contribution in [3.05, 3.63) is 89.0 Å². The van der Waals surface area contributed by atoms with Crippen LogP contribution in [-0.4, -0.2) is 16.6 Å². The highest BCUT2D eigenvalue weighted by atomic mass is 32.2. The van der Waals surface area contributed by atoms with E-state index in [9.17, 15) is 4.79 Å². The molecule has 0 unspecified atom stereocenters. The topological polar surface area (TPSA) is 33.2 Å². The highest BCUT2D eigenvalue weighted by Gasteiger charge is 2.20. The van der Waals surface area contributed by atoms with Gasteiger partial charge in [0.1, 0.15) is 0 Å². The first-order valence-corrected chi connectivity index (χ1v) is 12.7. The third kappa shape index (κ3) is 5.40. The number of amides is 1. The lowest BCUT2D eigenvalue weighted by atomic mass is 10.1. The second kappa shape index (κ2) is 10.3. The van der Waals surface area contributed by atoms with Crippen molar-refractivity contribution in [3.8, 4) is 0 Å². The van der Waals surface area contributed by atoms with Crippen molar-refractivity contribution in [2.45, 2.75) is 45.1 Å². The van der Waals surface area contributed by atoms with Gasteiger partial charge in [-0.3, -0.25) is 9.69 Å². The number of fused-ring (bicyclic) bond motifs is 1. The van der Waals surface area contributed by atoms with Crippen LogP contribution in [0.4, 0.5) is 5.13 Å². The third-order valence-corrected chi connectivity index (χ3v) is 7.76. The number of rotatable bonds is 8. The Hall–Kier alpha value is -2.63. The van der Waals surface area contributed by atoms with Crippen molar-refractivity contribution in [1.29, 1.82) is 0 Å². The van der Waals surface area contributed by atoms with E-state index in [1.165, 1.54) is 21.6 Å². The van der Waals surface area contributed by atoms with Crippen LogP contribution < -0.4 is 4.90 Å². The molecule has 0 saturated heterocycles. The second-order valence-electron chi connectivity index (χ2n) is 8.08. The maximum Gasteiger partial charge on any atom is 0.229 e. The number of thiazole rings is 1. The summed E-state index contributed by atoms with van der Waals surface area (Å²) < 4.78 is 1.13. The molecule has 0 fully saturated rings. The Labute approximate surface area is 198 Å². The lowest BCUT2D eigenvalue weighted by Gasteiger charge is -2.20. The molecular formula is C27H28N2OS2. The van der Waals surface area contributed by atoms with Gasteiger partial charge in [0.2, 0.25) is 5.91 Å². The lowest BCUT2D eigenvalue weighted by Crippen LogP contribution is -2.30. The highest BCUT2D eigenvalue weighted by Crippen LogP contribution is 2.33. The Balaban J connectivity index is 1.49. The quantitative estimate of drug-likeness (QED) is 0.204. The van der Waals surface area contributed by atoms with Gasteiger partial charge in [-0.1, -0.05) is 65.4 Å². The van der Waals surface area contributed by atoms with Gasteiger partial charge in [-0.2, -0.15) is 0 Å². The largest absolute Gasteiger partial charge is 0.284 e. The minimum atomic E-state index is 0.131. The van der Waals surface area contributed by atoms with Crippen LogP contribution in [0.1, 0.15) is 35.1 Å². The molecule has 0 radical (unpaired) electrons. The van der Waals surface area contributed by atoms with E-state index in [2.05, 4.69) is 69.3 Å². The fourth-order valence-corrected chi connectivity index (χ4v) is 5.44. The molecule has 32 heavy (non-hydrogen) atoms. The Morgan fingerprint density at radius 2 is 1.72 bits per heavy atom. The van der Waals surface area contributed by atoms with Crippen LogP contribution in [0.2, 0.25) is 0 Å². The van der Waals surface area contributed by atoms with Crippen LogP contribution >= 0.6 is 23.1 Å². The summed E-state index contributed by atoms with van der Waals surface area (Å²) in [5, 5.41) is 0.786. The monoisotopic (exact) mass is 460 g/mol. The molecule has 3 aromatic carbocycles. The zero-order chi connectivity index (χ0) is 22.5. The Kier molecular flexibility index (Phi) is 7.28. The number of carbonyl (C=O) groups is 1. The molecule has 4 rings (SSSR count). The van der Waals surface area contributed by atoms with Gasteiger partial charge in [0.05, 0.1) is 16.8 Å². The Bertz CT molecular complexity index is 1200. The first-order chi connectivity index (χ1) is 15.5. The number of hydrogen-bond donors (Lipinski definition) is 0. The van der Waals surface area contributed by atoms with Crippen molar-refractivity contribution in [1.82, 2.24) is 4.98 Å². The molecular weight excluding hydrogens is 432 g/mol. The van der Waals surface area contributed by atoms with Crippen LogP contribution in [0.3, 0.4) is 0 Å². The van der Waals surface area contributed by atoms with Crippen molar-refractivity contribution in [2.75, 3.05) is 10.7 Å². The molecule has 3 nitrogen and oxygen atoms in total. The maximum absolute atomic E-state index is 13.3. The standard InChI is InChI=1S/C27H28N2OS2/c1-19-11-14-23(15-12-19)31-17-7-10-25(30)29(18-22-8-5-4-6-9-22)27-28-26-21(3)20(2)13-16-24(26)32-27/h4-6,8-9,11-16H,7,10,17-18H2,1-3H3. The van der Waals surface area contributed by atoms with Gasteiger partial charge in [-0.15, -0.1) is 11.8 Å². The fourth-order valence-electron chi connectivity index (χ4n) is 3.54. The molecule has 4 aromatic rings. The van der Waals surface area contributed by atoms with Crippen LogP contribution in [0.5, 0.6) is 0 Å². The molecule has 1 aromatic heterocycles. The summed E-state index contributed by atoms with van der Waals surface area (Å²) >= 11 is 3.41. The summed E-state index contributed by atoms with van der Waals surface area (Å²) in [5.41, 5.74) is 5.80. The van der Waals surface area contributed by atoms with Gasteiger partial charge in [0.15, 0.2) is 5.13 Å². The number of anilines is 1. The molecule has 0 aliphatic carbocycles. The summed E-state index contributed by atoms with van der Waals surface area (Å²) in [5.74, 6) is 1.05. The minimum absolute atomic E-state index is 0.131. The van der Waals surface area contributed by atoms with Gasteiger partial charge in [0.25, 0.3) is 0 Å². The van der Waals surface area contributed by atoms with E-state index in [0.717, 1.165) is 33.1 Å². The number of hydrogen-bond acceptors (Lipinski definition) is 4. The van der Waals surface area contributed by atoms with E-state index in [-0.39, 0.29) is 5.91 Å². The second-order valence-corrected chi connectivity index (χ2v) is 10.3. The van der Waals surface area contributed by atoms with E-state index in [0.29, 0.717) is 13.0 Å². The van der Waals surface area contributed by atoms with Crippen LogP contribution in [-0.2, 0) is 11.3 Å². The Morgan fingerprint density at radius 3 is 2.47 bits per heavy atom. The molecule has 1 heterocycles. The number of benzene rings is 3. The summed E-state index contributed by atoms with van der Waals surface area (Å²) in [6.07, 6.45) is 1.35. The molecule has 0 atom stereocenters. The first-order valence-electron chi connectivity index (χ1n) is 10.9. The summed E-state index contributed by atoms with van der Waals surface area (Å²) in [6.45, 7) is 6.85. The predicted molar refractivity (Wildman–Crippen MR) is 138 cm³/mol. The molecule has 0 N–H and O–H groups in total. The summed E-state index contributed by atoms with van der Waals surface area (Å²) in [6, 6.07) is 23.0. The normalized spacial score (nSPS) is 11.1. The van der Waals surface area contributed by atoms with Gasteiger partial charge in [0, 0.05) is 11.3 Å². The average Bonchev–Trinajstić information content (AvgIpc) is 3.24. The van der Waals surface area contributed by atoms with Crippen LogP contribution in [0.15, 0.2) is 71.6 Å². The van der Waals surface area contributed by atoms with E-state index >= 15 is 0 Å². The molecule has 0 aliphatic heterocycles. The van der Waals surface area contributed by atoms with Crippen LogP contribution in [0.25, 0.3) is 10.2 Å². The van der Waals surface area contributed by atoms with Gasteiger partial charge in [-0.05, 0) is 67.8 Å². The zero-order valence-corrected chi connectivity index (χ0v) is 20.4. The molecule has 164 valence electrons. The molecule has 0 spiro atoms. The molecule has 0 bridgehead atoms. The maximum atomic E-state index is 13.3. The fraction of sp³-hybridized carbons (Fsp3) is 0.259. The van der Waals surface area contributed by atoms with E-state index in [1.54, 1.807) is 23.1 Å². The smallest absolute Gasteiger partial charge is 0.229 e. The number of thioether (sulfide) groups is 1. The number of carbonyl (C=O) groups excluding carboxylic acids is 1. The average molecular weight is 461 g/mol. The highest BCUT2D eigenvalue weighted by molar-refractivity contribution is 7.99. The third-order valence-electron chi connectivity index (χ3n) is 5.61. The van der Waals surface area contributed by atoms with E-state index < -0.39 is 0 Å². The first kappa shape index (κ1) is 22.6. The molecule has 5 heteroatoms. The molecule has 0 saturated carbocycles. The predicted octanol–water partition coefficient (Wildman–Crippen LogP) is 7.33. The number of nitrogens with zero attached hydrogens (tertiary/aromatic N) is 2. The number of aryl methyl sites for hydroxylation is 3. The van der Waals surface area contributed by atoms with Crippen LogP contribution in [0, 0.1) is 20.8 Å². The van der Waals surface area contributed by atoms with E-state index in [1.807, 2.05) is 23.1 Å². The van der Waals surface area contributed by atoms with Gasteiger partial charge < -0.3 is 0 Å². The van der Waals surface area contributed by atoms with Crippen molar-refractivity contribution >= 4 is 44.4 Å². The molecule has 1 amide bonds. The van der Waals surface area contributed by atoms with Crippen molar-refractivity contribution in [3.63, 3.8) is 0 Å². The zero-order valence-electron chi connectivity index (χ0n) is 18.8. The summed E-state index contributed by atoms with van der Waals surface area (Å²) in [7, 11) is 0. The molecule has 0 aliphatic rings. The lowest BCUT2D eigenvalue weighted by molar-refractivity contribution is -0.118. The minimum Gasteiger partial charge on any atom is -0.284 e. The summed E-state index contributed by atoms with van der Waals surface area (Å²) in [4.78, 5) is 21.3. The van der Waals surface area contributed by atoms with Gasteiger partial charge >= 0.3 is 0 Å². The number of aromatic nitrogens is 1. The SMILES string of the molecule is Cc1ccc(SCCCC(=O)N(Cc2ccccc2)c2nc3c(C)c(C)ccc3s2)cc1.